The predicted octanol–water partition coefficient (Wildman–Crippen LogP) is 4.79. The van der Waals surface area contributed by atoms with Crippen molar-refractivity contribution in [1.29, 1.82) is 0 Å². The quantitative estimate of drug-likeness (QED) is 0.520. The van der Waals surface area contributed by atoms with E-state index in [0.29, 0.717) is 5.11 Å². The standard InChI is InChI=1S/C18H13N3OS/c23-18(19-14-9-8-13-11-22-21-17(13)10-14)20-16-7-3-5-12-4-1-2-6-15(12)16/h1-11H,(H2,19,20,23). The molecule has 0 saturated heterocycles. The van der Waals surface area contributed by atoms with Crippen LogP contribution in [0.3, 0.4) is 0 Å². The summed E-state index contributed by atoms with van der Waals surface area (Å²) in [5, 5.41) is 14.2. The van der Waals surface area contributed by atoms with Crippen LogP contribution in [0.4, 0.5) is 11.4 Å². The zero-order valence-corrected chi connectivity index (χ0v) is 12.9. The van der Waals surface area contributed by atoms with Crippen molar-refractivity contribution in [2.75, 3.05) is 10.6 Å². The van der Waals surface area contributed by atoms with Gasteiger partial charge in [-0.15, -0.1) is 0 Å². The second-order valence-electron chi connectivity index (χ2n) is 5.19. The molecule has 0 aliphatic carbocycles. The number of rotatable bonds is 2. The molecule has 0 fully saturated rings. The highest BCUT2D eigenvalue weighted by Gasteiger charge is 2.04. The van der Waals surface area contributed by atoms with Crippen molar-refractivity contribution in [2.24, 2.45) is 0 Å². The molecular formula is C18H13N3OS. The number of anilines is 2. The van der Waals surface area contributed by atoms with E-state index in [1.807, 2.05) is 42.5 Å². The van der Waals surface area contributed by atoms with Crippen LogP contribution in [0.2, 0.25) is 0 Å². The van der Waals surface area contributed by atoms with Gasteiger partial charge in [-0.05, 0) is 41.9 Å². The fourth-order valence-electron chi connectivity index (χ4n) is 2.56. The van der Waals surface area contributed by atoms with E-state index in [1.165, 1.54) is 5.39 Å². The summed E-state index contributed by atoms with van der Waals surface area (Å²) in [6.45, 7) is 0. The first-order valence-electron chi connectivity index (χ1n) is 7.19. The molecule has 4 rings (SSSR count). The Labute approximate surface area is 138 Å². The Morgan fingerprint density at radius 2 is 1.78 bits per heavy atom. The molecule has 0 aliphatic rings. The number of hydrogen-bond donors (Lipinski definition) is 2. The minimum absolute atomic E-state index is 0.532. The number of aromatic nitrogens is 1. The van der Waals surface area contributed by atoms with Gasteiger partial charge in [0, 0.05) is 22.1 Å². The molecule has 5 heteroatoms. The molecule has 3 aromatic carbocycles. The molecule has 23 heavy (non-hydrogen) atoms. The SMILES string of the molecule is S=C(Nc1ccc2conc2c1)Nc1cccc2ccccc12. The van der Waals surface area contributed by atoms with Gasteiger partial charge in [0.05, 0.1) is 0 Å². The third-order valence-corrected chi connectivity index (χ3v) is 3.86. The lowest BCUT2D eigenvalue weighted by Crippen LogP contribution is -2.19. The van der Waals surface area contributed by atoms with Crippen molar-refractivity contribution in [2.45, 2.75) is 0 Å². The summed E-state index contributed by atoms with van der Waals surface area (Å²) in [6.07, 6.45) is 1.62. The molecule has 0 spiro atoms. The molecule has 0 atom stereocenters. The van der Waals surface area contributed by atoms with Gasteiger partial charge in [0.2, 0.25) is 0 Å². The Bertz CT molecular complexity index is 1000. The molecule has 1 heterocycles. The molecule has 4 nitrogen and oxygen atoms in total. The molecule has 0 amide bonds. The van der Waals surface area contributed by atoms with Crippen molar-refractivity contribution in [1.82, 2.24) is 5.16 Å². The van der Waals surface area contributed by atoms with E-state index in [0.717, 1.165) is 27.7 Å². The van der Waals surface area contributed by atoms with Crippen molar-refractivity contribution < 1.29 is 4.52 Å². The lowest BCUT2D eigenvalue weighted by molar-refractivity contribution is 0.428. The minimum atomic E-state index is 0.532. The van der Waals surface area contributed by atoms with Crippen LogP contribution in [0.15, 0.2) is 71.4 Å². The highest BCUT2D eigenvalue weighted by atomic mass is 32.1. The van der Waals surface area contributed by atoms with E-state index in [2.05, 4.69) is 34.0 Å². The molecule has 0 saturated carbocycles. The molecule has 112 valence electrons. The summed E-state index contributed by atoms with van der Waals surface area (Å²) in [5.41, 5.74) is 2.63. The summed E-state index contributed by atoms with van der Waals surface area (Å²) >= 11 is 5.42. The van der Waals surface area contributed by atoms with Crippen LogP contribution in [-0.4, -0.2) is 10.3 Å². The van der Waals surface area contributed by atoms with Crippen molar-refractivity contribution in [3.05, 3.63) is 66.9 Å². The first kappa shape index (κ1) is 13.7. The van der Waals surface area contributed by atoms with Crippen molar-refractivity contribution >= 4 is 50.4 Å². The summed E-state index contributed by atoms with van der Waals surface area (Å²) in [6, 6.07) is 20.1. The van der Waals surface area contributed by atoms with Crippen LogP contribution in [0.5, 0.6) is 0 Å². The highest BCUT2D eigenvalue weighted by Crippen LogP contribution is 2.23. The van der Waals surface area contributed by atoms with Gasteiger partial charge < -0.3 is 15.2 Å². The highest BCUT2D eigenvalue weighted by molar-refractivity contribution is 7.80. The first-order chi connectivity index (χ1) is 11.3. The summed E-state index contributed by atoms with van der Waals surface area (Å²) in [4.78, 5) is 0. The maximum Gasteiger partial charge on any atom is 0.175 e. The van der Waals surface area contributed by atoms with Gasteiger partial charge in [-0.3, -0.25) is 0 Å². The Kier molecular flexibility index (Phi) is 3.40. The average Bonchev–Trinajstić information content (AvgIpc) is 3.03. The maximum atomic E-state index is 5.42. The predicted molar refractivity (Wildman–Crippen MR) is 97.8 cm³/mol. The normalized spacial score (nSPS) is 10.8. The van der Waals surface area contributed by atoms with Gasteiger partial charge in [-0.1, -0.05) is 41.6 Å². The zero-order valence-electron chi connectivity index (χ0n) is 12.1. The molecule has 0 aliphatic heterocycles. The van der Waals surface area contributed by atoms with Crippen LogP contribution in [0.25, 0.3) is 21.7 Å². The molecule has 0 unspecified atom stereocenters. The maximum absolute atomic E-state index is 5.42. The van der Waals surface area contributed by atoms with Crippen LogP contribution >= 0.6 is 12.2 Å². The van der Waals surface area contributed by atoms with Crippen LogP contribution in [0.1, 0.15) is 0 Å². The second-order valence-corrected chi connectivity index (χ2v) is 5.60. The average molecular weight is 319 g/mol. The molecule has 1 aromatic heterocycles. The number of fused-ring (bicyclic) bond motifs is 2. The smallest absolute Gasteiger partial charge is 0.175 e. The van der Waals surface area contributed by atoms with Crippen molar-refractivity contribution in [3.63, 3.8) is 0 Å². The summed E-state index contributed by atoms with van der Waals surface area (Å²) < 4.78 is 4.94. The first-order valence-corrected chi connectivity index (χ1v) is 7.60. The van der Waals surface area contributed by atoms with E-state index in [-0.39, 0.29) is 0 Å². The third-order valence-electron chi connectivity index (χ3n) is 3.66. The van der Waals surface area contributed by atoms with Gasteiger partial charge in [-0.2, -0.15) is 0 Å². The largest absolute Gasteiger partial charge is 0.364 e. The van der Waals surface area contributed by atoms with E-state index >= 15 is 0 Å². The van der Waals surface area contributed by atoms with Gasteiger partial charge in [0.15, 0.2) is 5.11 Å². The lowest BCUT2D eigenvalue weighted by atomic mass is 10.1. The number of benzene rings is 3. The monoisotopic (exact) mass is 319 g/mol. The second kappa shape index (κ2) is 5.70. The van der Waals surface area contributed by atoms with Crippen molar-refractivity contribution in [3.8, 4) is 0 Å². The number of nitrogens with zero attached hydrogens (tertiary/aromatic N) is 1. The molecule has 0 bridgehead atoms. The molecule has 2 N–H and O–H groups in total. The number of hydrogen-bond acceptors (Lipinski definition) is 3. The molecule has 0 radical (unpaired) electrons. The Balaban J connectivity index is 1.57. The fraction of sp³-hybridized carbons (Fsp3) is 0. The summed E-state index contributed by atoms with van der Waals surface area (Å²) in [7, 11) is 0. The van der Waals surface area contributed by atoms with Gasteiger partial charge in [-0.25, -0.2) is 0 Å². The van der Waals surface area contributed by atoms with E-state index < -0.39 is 0 Å². The lowest BCUT2D eigenvalue weighted by Gasteiger charge is -2.12. The molecular weight excluding hydrogens is 306 g/mol. The minimum Gasteiger partial charge on any atom is -0.364 e. The fourth-order valence-corrected chi connectivity index (χ4v) is 2.79. The van der Waals surface area contributed by atoms with Gasteiger partial charge in [0.25, 0.3) is 0 Å². The van der Waals surface area contributed by atoms with E-state index in [1.54, 1.807) is 6.26 Å². The van der Waals surface area contributed by atoms with Crippen LogP contribution in [-0.2, 0) is 0 Å². The Hall–Kier alpha value is -2.92. The van der Waals surface area contributed by atoms with Gasteiger partial charge in [0.1, 0.15) is 11.8 Å². The summed E-state index contributed by atoms with van der Waals surface area (Å²) in [5.74, 6) is 0. The van der Waals surface area contributed by atoms with Crippen LogP contribution in [0, 0.1) is 0 Å². The van der Waals surface area contributed by atoms with E-state index in [4.69, 9.17) is 16.7 Å². The Morgan fingerprint density at radius 1 is 0.913 bits per heavy atom. The number of nitrogens with one attached hydrogen (secondary N) is 2. The topological polar surface area (TPSA) is 50.1 Å². The Morgan fingerprint density at radius 3 is 2.74 bits per heavy atom. The van der Waals surface area contributed by atoms with Gasteiger partial charge >= 0.3 is 0 Å². The molecule has 4 aromatic rings. The zero-order chi connectivity index (χ0) is 15.6. The van der Waals surface area contributed by atoms with E-state index in [9.17, 15) is 0 Å². The van der Waals surface area contributed by atoms with Crippen LogP contribution < -0.4 is 10.6 Å². The number of thiocarbonyl (C=S) groups is 1. The third kappa shape index (κ3) is 2.74.